The van der Waals surface area contributed by atoms with Crippen molar-refractivity contribution in [2.45, 2.75) is 25.9 Å². The predicted molar refractivity (Wildman–Crippen MR) is 97.4 cm³/mol. The van der Waals surface area contributed by atoms with E-state index in [9.17, 15) is 4.79 Å². The highest BCUT2D eigenvalue weighted by Crippen LogP contribution is 2.21. The van der Waals surface area contributed by atoms with E-state index in [1.807, 2.05) is 23.2 Å². The number of rotatable bonds is 3. The van der Waals surface area contributed by atoms with Crippen LogP contribution >= 0.6 is 11.3 Å². The summed E-state index contributed by atoms with van der Waals surface area (Å²) in [7, 11) is 0. The SMILES string of the molecule is O=C(c1cccn1Cc1cccs1)N1CCCc2ccccc2C1. The minimum atomic E-state index is 0.133. The summed E-state index contributed by atoms with van der Waals surface area (Å²) in [4.78, 5) is 16.3. The first-order chi connectivity index (χ1) is 11.8. The van der Waals surface area contributed by atoms with Crippen molar-refractivity contribution in [3.05, 3.63) is 81.8 Å². The normalized spacial score (nSPS) is 14.2. The van der Waals surface area contributed by atoms with Crippen LogP contribution in [-0.4, -0.2) is 21.9 Å². The van der Waals surface area contributed by atoms with Crippen molar-refractivity contribution in [3.8, 4) is 0 Å². The fourth-order valence-corrected chi connectivity index (χ4v) is 4.06. The zero-order valence-corrected chi connectivity index (χ0v) is 14.3. The number of hydrogen-bond donors (Lipinski definition) is 0. The Morgan fingerprint density at radius 1 is 1.04 bits per heavy atom. The number of aryl methyl sites for hydroxylation is 1. The first-order valence-electron chi connectivity index (χ1n) is 8.35. The van der Waals surface area contributed by atoms with Crippen molar-refractivity contribution in [3.63, 3.8) is 0 Å². The van der Waals surface area contributed by atoms with Gasteiger partial charge in [-0.2, -0.15) is 0 Å². The van der Waals surface area contributed by atoms with E-state index in [4.69, 9.17) is 0 Å². The molecule has 0 radical (unpaired) electrons. The average Bonchev–Trinajstić information content (AvgIpc) is 3.22. The molecule has 4 rings (SSSR count). The van der Waals surface area contributed by atoms with E-state index >= 15 is 0 Å². The van der Waals surface area contributed by atoms with Crippen LogP contribution in [0.3, 0.4) is 0 Å². The summed E-state index contributed by atoms with van der Waals surface area (Å²) in [5, 5.41) is 2.08. The highest BCUT2D eigenvalue weighted by molar-refractivity contribution is 7.09. The molecule has 0 bridgehead atoms. The monoisotopic (exact) mass is 336 g/mol. The number of carbonyl (C=O) groups excluding carboxylic acids is 1. The van der Waals surface area contributed by atoms with Gasteiger partial charge in [0, 0.05) is 24.2 Å². The first-order valence-corrected chi connectivity index (χ1v) is 9.23. The van der Waals surface area contributed by atoms with Gasteiger partial charge in [-0.3, -0.25) is 4.79 Å². The summed E-state index contributed by atoms with van der Waals surface area (Å²) in [6.45, 7) is 2.28. The van der Waals surface area contributed by atoms with Gasteiger partial charge in [-0.1, -0.05) is 30.3 Å². The Labute approximate surface area is 146 Å². The molecule has 2 aromatic heterocycles. The number of aromatic nitrogens is 1. The molecule has 3 heterocycles. The quantitative estimate of drug-likeness (QED) is 0.704. The molecule has 1 aliphatic rings. The largest absolute Gasteiger partial charge is 0.338 e. The van der Waals surface area contributed by atoms with E-state index in [0.29, 0.717) is 6.54 Å². The molecule has 4 heteroatoms. The van der Waals surface area contributed by atoms with Crippen molar-refractivity contribution in [1.29, 1.82) is 0 Å². The topological polar surface area (TPSA) is 25.2 Å². The number of amides is 1. The van der Waals surface area contributed by atoms with Crippen LogP contribution in [0.25, 0.3) is 0 Å². The van der Waals surface area contributed by atoms with Crippen LogP contribution in [-0.2, 0) is 19.5 Å². The van der Waals surface area contributed by atoms with Crippen LogP contribution in [0, 0.1) is 0 Å². The Balaban J connectivity index is 1.57. The molecule has 122 valence electrons. The Bertz CT molecular complexity index is 835. The third-order valence-corrected chi connectivity index (χ3v) is 5.46. The molecule has 1 aromatic carbocycles. The smallest absolute Gasteiger partial charge is 0.270 e. The van der Waals surface area contributed by atoms with Crippen LogP contribution in [0.4, 0.5) is 0 Å². The van der Waals surface area contributed by atoms with Crippen LogP contribution in [0.1, 0.15) is 32.9 Å². The molecule has 0 aliphatic carbocycles. The first kappa shape index (κ1) is 15.2. The Kier molecular flexibility index (Phi) is 4.22. The van der Waals surface area contributed by atoms with Gasteiger partial charge in [-0.05, 0) is 47.5 Å². The van der Waals surface area contributed by atoms with Gasteiger partial charge in [0.15, 0.2) is 0 Å². The molecule has 1 amide bonds. The zero-order valence-electron chi connectivity index (χ0n) is 13.5. The molecule has 0 saturated carbocycles. The Morgan fingerprint density at radius 2 is 1.92 bits per heavy atom. The summed E-state index contributed by atoms with van der Waals surface area (Å²) in [5.41, 5.74) is 3.43. The van der Waals surface area contributed by atoms with Gasteiger partial charge >= 0.3 is 0 Å². The maximum Gasteiger partial charge on any atom is 0.270 e. The minimum absolute atomic E-state index is 0.133. The number of thiophene rings is 1. The van der Waals surface area contributed by atoms with Crippen LogP contribution in [0.5, 0.6) is 0 Å². The van der Waals surface area contributed by atoms with Crippen molar-refractivity contribution in [1.82, 2.24) is 9.47 Å². The van der Waals surface area contributed by atoms with Gasteiger partial charge in [-0.25, -0.2) is 0 Å². The van der Waals surface area contributed by atoms with Crippen LogP contribution < -0.4 is 0 Å². The molecule has 24 heavy (non-hydrogen) atoms. The third-order valence-electron chi connectivity index (χ3n) is 4.60. The van der Waals surface area contributed by atoms with Gasteiger partial charge in [0.25, 0.3) is 5.91 Å². The van der Waals surface area contributed by atoms with Gasteiger partial charge < -0.3 is 9.47 Å². The second-order valence-electron chi connectivity index (χ2n) is 6.20. The number of carbonyl (C=O) groups is 1. The lowest BCUT2D eigenvalue weighted by Gasteiger charge is -2.22. The minimum Gasteiger partial charge on any atom is -0.338 e. The van der Waals surface area contributed by atoms with E-state index in [-0.39, 0.29) is 5.91 Å². The lowest BCUT2D eigenvalue weighted by Crippen LogP contribution is -2.32. The van der Waals surface area contributed by atoms with Gasteiger partial charge in [0.05, 0.1) is 6.54 Å². The Morgan fingerprint density at radius 3 is 2.75 bits per heavy atom. The van der Waals surface area contributed by atoms with E-state index < -0.39 is 0 Å². The molecule has 0 spiro atoms. The highest BCUT2D eigenvalue weighted by Gasteiger charge is 2.22. The van der Waals surface area contributed by atoms with Crippen molar-refractivity contribution in [2.24, 2.45) is 0 Å². The zero-order chi connectivity index (χ0) is 16.4. The van der Waals surface area contributed by atoms with Crippen LogP contribution in [0.15, 0.2) is 60.1 Å². The lowest BCUT2D eigenvalue weighted by atomic mass is 10.0. The number of fused-ring (bicyclic) bond motifs is 1. The van der Waals surface area contributed by atoms with E-state index in [1.165, 1.54) is 16.0 Å². The number of hydrogen-bond acceptors (Lipinski definition) is 2. The molecule has 0 saturated heterocycles. The van der Waals surface area contributed by atoms with Gasteiger partial charge in [0.2, 0.25) is 0 Å². The second-order valence-corrected chi connectivity index (χ2v) is 7.23. The fraction of sp³-hybridized carbons (Fsp3) is 0.250. The molecule has 3 nitrogen and oxygen atoms in total. The van der Waals surface area contributed by atoms with Crippen LogP contribution in [0.2, 0.25) is 0 Å². The third kappa shape index (κ3) is 3.02. The molecule has 1 aliphatic heterocycles. The second kappa shape index (κ2) is 6.65. The molecule has 3 aromatic rings. The number of benzene rings is 1. The van der Waals surface area contributed by atoms with Gasteiger partial charge in [-0.15, -0.1) is 11.3 Å². The average molecular weight is 336 g/mol. The maximum atomic E-state index is 13.1. The van der Waals surface area contributed by atoms with E-state index in [0.717, 1.165) is 31.6 Å². The highest BCUT2D eigenvalue weighted by atomic mass is 32.1. The molecule has 0 fully saturated rings. The summed E-state index contributed by atoms with van der Waals surface area (Å²) in [6, 6.07) is 16.5. The maximum absolute atomic E-state index is 13.1. The molecule has 0 atom stereocenters. The summed E-state index contributed by atoms with van der Waals surface area (Å²) in [5.74, 6) is 0.133. The van der Waals surface area contributed by atoms with Crippen molar-refractivity contribution < 1.29 is 4.79 Å². The standard InChI is InChI=1S/C20H20N2OS/c23-20(19-10-4-11-21(19)15-18-9-5-13-24-18)22-12-3-8-16-6-1-2-7-17(16)14-22/h1-2,4-7,9-11,13H,3,8,12,14-15H2. The molecule has 0 unspecified atom stereocenters. The number of nitrogens with zero attached hydrogens (tertiary/aromatic N) is 2. The fourth-order valence-electron chi connectivity index (χ4n) is 3.35. The molecular weight excluding hydrogens is 316 g/mol. The van der Waals surface area contributed by atoms with Crippen molar-refractivity contribution in [2.75, 3.05) is 6.54 Å². The Hall–Kier alpha value is -2.33. The van der Waals surface area contributed by atoms with Gasteiger partial charge in [0.1, 0.15) is 5.69 Å². The van der Waals surface area contributed by atoms with E-state index in [1.54, 1.807) is 11.3 Å². The molecular formula is C20H20N2OS. The summed E-state index contributed by atoms with van der Waals surface area (Å²) in [6.07, 6.45) is 4.07. The van der Waals surface area contributed by atoms with Crippen molar-refractivity contribution >= 4 is 17.2 Å². The molecule has 0 N–H and O–H groups in total. The predicted octanol–water partition coefficient (Wildman–Crippen LogP) is 4.19. The summed E-state index contributed by atoms with van der Waals surface area (Å²) >= 11 is 1.73. The summed E-state index contributed by atoms with van der Waals surface area (Å²) < 4.78 is 2.06. The lowest BCUT2D eigenvalue weighted by molar-refractivity contribution is 0.0735. The van der Waals surface area contributed by atoms with E-state index in [2.05, 4.69) is 46.3 Å².